The molecular formula is C12H20N2O2. The van der Waals surface area contributed by atoms with Crippen molar-refractivity contribution in [2.45, 2.75) is 44.3 Å². The van der Waals surface area contributed by atoms with Crippen LogP contribution in [0.2, 0.25) is 0 Å². The first-order valence-electron chi connectivity index (χ1n) is 5.90. The van der Waals surface area contributed by atoms with Gasteiger partial charge in [-0.2, -0.15) is 0 Å². The molecule has 1 atom stereocenters. The minimum atomic E-state index is -0.994. The molecule has 0 spiro atoms. The molecule has 90 valence electrons. The summed E-state index contributed by atoms with van der Waals surface area (Å²) in [6.45, 7) is 2.19. The van der Waals surface area contributed by atoms with E-state index in [2.05, 4.69) is 11.9 Å². The third-order valence-electron chi connectivity index (χ3n) is 3.75. The first-order valence-corrected chi connectivity index (χ1v) is 5.90. The predicted octanol–water partition coefficient (Wildman–Crippen LogP) is 1.39. The highest BCUT2D eigenvalue weighted by Crippen LogP contribution is 2.39. The maximum Gasteiger partial charge on any atom is 0.140 e. The number of aliphatic hydroxyl groups is 2. The first-order chi connectivity index (χ1) is 7.53. The van der Waals surface area contributed by atoms with E-state index in [0.29, 0.717) is 24.6 Å². The van der Waals surface area contributed by atoms with Crippen molar-refractivity contribution in [3.8, 4) is 0 Å². The van der Waals surface area contributed by atoms with Crippen molar-refractivity contribution in [1.82, 2.24) is 9.55 Å². The average molecular weight is 224 g/mol. The second-order valence-corrected chi connectivity index (χ2v) is 5.08. The van der Waals surface area contributed by atoms with Gasteiger partial charge in [0.25, 0.3) is 0 Å². The number of aryl methyl sites for hydroxylation is 1. The molecule has 0 radical (unpaired) electrons. The van der Waals surface area contributed by atoms with E-state index in [-0.39, 0.29) is 0 Å². The van der Waals surface area contributed by atoms with Crippen LogP contribution in [-0.4, -0.2) is 25.4 Å². The van der Waals surface area contributed by atoms with Crippen molar-refractivity contribution in [2.24, 2.45) is 13.0 Å². The van der Waals surface area contributed by atoms with Crippen LogP contribution in [0.1, 0.15) is 44.5 Å². The summed E-state index contributed by atoms with van der Waals surface area (Å²) in [5.41, 5.74) is -0.994. The van der Waals surface area contributed by atoms with E-state index in [4.69, 9.17) is 0 Å². The Hall–Kier alpha value is -0.870. The van der Waals surface area contributed by atoms with Crippen molar-refractivity contribution in [3.63, 3.8) is 0 Å². The Labute approximate surface area is 95.9 Å². The van der Waals surface area contributed by atoms with Crippen LogP contribution < -0.4 is 0 Å². The first kappa shape index (κ1) is 11.6. The molecule has 1 saturated carbocycles. The molecule has 2 N–H and O–H groups in total. The summed E-state index contributed by atoms with van der Waals surface area (Å²) in [6, 6.07) is 0. The molecule has 4 heteroatoms. The van der Waals surface area contributed by atoms with Crippen LogP contribution in [0.4, 0.5) is 0 Å². The normalized spacial score (nSPS) is 32.6. The predicted molar refractivity (Wildman–Crippen MR) is 60.7 cm³/mol. The van der Waals surface area contributed by atoms with Crippen LogP contribution in [0.3, 0.4) is 0 Å². The van der Waals surface area contributed by atoms with E-state index in [1.54, 1.807) is 17.0 Å². The van der Waals surface area contributed by atoms with E-state index in [0.717, 1.165) is 12.8 Å². The number of aliphatic hydroxyl groups excluding tert-OH is 1. The fourth-order valence-corrected chi connectivity index (χ4v) is 2.42. The van der Waals surface area contributed by atoms with Gasteiger partial charge in [0, 0.05) is 19.4 Å². The van der Waals surface area contributed by atoms with Crippen molar-refractivity contribution in [1.29, 1.82) is 0 Å². The maximum absolute atomic E-state index is 10.5. The van der Waals surface area contributed by atoms with E-state index < -0.39 is 11.7 Å². The fourth-order valence-electron chi connectivity index (χ4n) is 2.42. The standard InChI is InChI=1S/C12H20N2O2/c1-9-3-5-12(16,6-4-9)10(15)11-13-7-8-14(11)2/h7-10,15-16H,3-6H2,1-2H3. The summed E-state index contributed by atoms with van der Waals surface area (Å²) in [4.78, 5) is 4.11. The molecule has 0 saturated heterocycles. The van der Waals surface area contributed by atoms with Gasteiger partial charge in [-0.25, -0.2) is 4.98 Å². The van der Waals surface area contributed by atoms with Gasteiger partial charge < -0.3 is 14.8 Å². The Morgan fingerprint density at radius 1 is 1.50 bits per heavy atom. The number of rotatable bonds is 2. The van der Waals surface area contributed by atoms with Gasteiger partial charge in [-0.15, -0.1) is 0 Å². The number of hydrogen-bond acceptors (Lipinski definition) is 3. The molecule has 0 amide bonds. The molecule has 1 aromatic heterocycles. The van der Waals surface area contributed by atoms with E-state index in [1.165, 1.54) is 0 Å². The van der Waals surface area contributed by atoms with Crippen molar-refractivity contribution in [3.05, 3.63) is 18.2 Å². The molecule has 1 aromatic rings. The summed E-state index contributed by atoms with van der Waals surface area (Å²) in [5, 5.41) is 20.7. The molecule has 1 fully saturated rings. The number of nitrogens with zero attached hydrogens (tertiary/aromatic N) is 2. The van der Waals surface area contributed by atoms with Gasteiger partial charge in [0.05, 0.1) is 5.60 Å². The second kappa shape index (κ2) is 4.18. The zero-order chi connectivity index (χ0) is 11.8. The third-order valence-corrected chi connectivity index (χ3v) is 3.75. The van der Waals surface area contributed by atoms with Crippen LogP contribution in [0.25, 0.3) is 0 Å². The average Bonchev–Trinajstić information content (AvgIpc) is 2.68. The second-order valence-electron chi connectivity index (χ2n) is 5.08. The molecule has 1 unspecified atom stereocenters. The van der Waals surface area contributed by atoms with Crippen LogP contribution in [0.15, 0.2) is 12.4 Å². The van der Waals surface area contributed by atoms with Crippen molar-refractivity contribution in [2.75, 3.05) is 0 Å². The molecule has 1 heterocycles. The Balaban J connectivity index is 2.15. The van der Waals surface area contributed by atoms with Gasteiger partial charge in [0.2, 0.25) is 0 Å². The van der Waals surface area contributed by atoms with Gasteiger partial charge in [0.1, 0.15) is 11.9 Å². The summed E-state index contributed by atoms with van der Waals surface area (Å²) in [7, 11) is 1.83. The van der Waals surface area contributed by atoms with Crippen molar-refractivity contribution < 1.29 is 10.2 Å². The zero-order valence-corrected chi connectivity index (χ0v) is 9.93. The Kier molecular flexibility index (Phi) is 3.04. The lowest BCUT2D eigenvalue weighted by Gasteiger charge is -2.38. The summed E-state index contributed by atoms with van der Waals surface area (Å²) >= 11 is 0. The minimum Gasteiger partial charge on any atom is -0.387 e. The van der Waals surface area contributed by atoms with Gasteiger partial charge in [-0.1, -0.05) is 6.92 Å². The Morgan fingerprint density at radius 3 is 2.62 bits per heavy atom. The topological polar surface area (TPSA) is 58.3 Å². The minimum absolute atomic E-state index is 0.553. The monoisotopic (exact) mass is 224 g/mol. The molecule has 0 aromatic carbocycles. The van der Waals surface area contributed by atoms with Gasteiger partial charge >= 0.3 is 0 Å². The summed E-state index contributed by atoms with van der Waals surface area (Å²) in [6.07, 6.45) is 5.81. The number of hydrogen-bond donors (Lipinski definition) is 2. The largest absolute Gasteiger partial charge is 0.387 e. The molecule has 1 aliphatic rings. The highest BCUT2D eigenvalue weighted by Gasteiger charge is 2.40. The van der Waals surface area contributed by atoms with Gasteiger partial charge in [-0.3, -0.25) is 0 Å². The lowest BCUT2D eigenvalue weighted by atomic mass is 9.76. The Morgan fingerprint density at radius 2 is 2.12 bits per heavy atom. The zero-order valence-electron chi connectivity index (χ0n) is 9.93. The molecular weight excluding hydrogens is 204 g/mol. The van der Waals surface area contributed by atoms with Crippen LogP contribution in [0.5, 0.6) is 0 Å². The van der Waals surface area contributed by atoms with Crippen molar-refractivity contribution >= 4 is 0 Å². The number of aromatic nitrogens is 2. The van der Waals surface area contributed by atoms with E-state index in [1.807, 2.05) is 7.05 Å². The molecule has 4 nitrogen and oxygen atoms in total. The molecule has 1 aliphatic carbocycles. The molecule has 16 heavy (non-hydrogen) atoms. The van der Waals surface area contributed by atoms with Gasteiger partial charge in [0.15, 0.2) is 0 Å². The molecule has 0 bridgehead atoms. The lowest BCUT2D eigenvalue weighted by molar-refractivity contribution is -0.109. The smallest absolute Gasteiger partial charge is 0.140 e. The molecule has 2 rings (SSSR count). The van der Waals surface area contributed by atoms with Crippen LogP contribution >= 0.6 is 0 Å². The maximum atomic E-state index is 10.5. The van der Waals surface area contributed by atoms with Gasteiger partial charge in [-0.05, 0) is 31.6 Å². The quantitative estimate of drug-likeness (QED) is 0.798. The SMILES string of the molecule is CC1CCC(O)(C(O)c2nccn2C)CC1. The van der Waals surface area contributed by atoms with E-state index >= 15 is 0 Å². The van der Waals surface area contributed by atoms with E-state index in [9.17, 15) is 10.2 Å². The third kappa shape index (κ3) is 1.99. The highest BCUT2D eigenvalue weighted by molar-refractivity contribution is 5.04. The van der Waals surface area contributed by atoms with Crippen LogP contribution in [-0.2, 0) is 7.05 Å². The number of imidazole rings is 1. The lowest BCUT2D eigenvalue weighted by Crippen LogP contribution is -2.40. The highest BCUT2D eigenvalue weighted by atomic mass is 16.3. The summed E-state index contributed by atoms with van der Waals surface area (Å²) < 4.78 is 1.76. The Bertz CT molecular complexity index is 354. The van der Waals surface area contributed by atoms with Crippen LogP contribution in [0, 0.1) is 5.92 Å². The fraction of sp³-hybridized carbons (Fsp3) is 0.750. The summed E-state index contributed by atoms with van der Waals surface area (Å²) in [5.74, 6) is 1.20. The molecule has 0 aliphatic heterocycles.